The third kappa shape index (κ3) is 8.85. The molecule has 0 aromatic carbocycles. The van der Waals surface area contributed by atoms with Crippen molar-refractivity contribution in [2.75, 3.05) is 0 Å². The average molecular weight is 186 g/mol. The van der Waals surface area contributed by atoms with Crippen LogP contribution < -0.4 is 5.43 Å². The van der Waals surface area contributed by atoms with Crippen molar-refractivity contribution in [1.29, 1.82) is 0 Å². The van der Waals surface area contributed by atoms with Gasteiger partial charge in [0.25, 0.3) is 0 Å². The molecule has 0 aromatic rings. The maximum Gasteiger partial charge on any atom is 0.428 e. The minimum Gasteiger partial charge on any atom is -0.443 e. The van der Waals surface area contributed by atoms with Gasteiger partial charge in [-0.25, -0.2) is 10.2 Å². The highest BCUT2D eigenvalue weighted by Gasteiger charge is 2.15. The number of nitrogens with zero attached hydrogens (tertiary/aromatic N) is 1. The third-order valence-corrected chi connectivity index (χ3v) is 0.927. The van der Waals surface area contributed by atoms with Crippen molar-refractivity contribution in [3.05, 3.63) is 0 Å². The zero-order valence-electron chi connectivity index (χ0n) is 8.92. The van der Waals surface area contributed by atoms with Gasteiger partial charge in [0.2, 0.25) is 0 Å². The molecule has 0 saturated carbocycles. The van der Waals surface area contributed by atoms with E-state index in [1.54, 1.807) is 27.0 Å². The van der Waals surface area contributed by atoms with E-state index in [-0.39, 0.29) is 0 Å². The fourth-order valence-corrected chi connectivity index (χ4v) is 0.540. The Hall–Kier alpha value is -1.06. The maximum absolute atomic E-state index is 11.0. The summed E-state index contributed by atoms with van der Waals surface area (Å²) in [5.41, 5.74) is 1.80. The molecule has 13 heavy (non-hydrogen) atoms. The number of nitrogens with one attached hydrogen (secondary N) is 1. The van der Waals surface area contributed by atoms with Gasteiger partial charge >= 0.3 is 6.09 Å². The van der Waals surface area contributed by atoms with Crippen LogP contribution in [0.2, 0.25) is 0 Å². The Balaban J connectivity index is 3.77. The number of carbonyl (C=O) groups is 1. The van der Waals surface area contributed by atoms with Crippen LogP contribution in [0.1, 0.15) is 34.6 Å². The van der Waals surface area contributed by atoms with E-state index in [2.05, 4.69) is 10.5 Å². The lowest BCUT2D eigenvalue weighted by Crippen LogP contribution is -2.29. The molecular weight excluding hydrogens is 168 g/mol. The molecule has 1 N–H and O–H groups in total. The standard InChI is InChI=1S/C9H18N2O2/c1-7(2)6-10-11-8(12)13-9(3,4)5/h6-7H,1-5H3,(H,11,12)/b10-6-. The molecule has 0 heterocycles. The summed E-state index contributed by atoms with van der Waals surface area (Å²) in [5, 5.41) is 3.71. The molecule has 0 spiro atoms. The van der Waals surface area contributed by atoms with Crippen molar-refractivity contribution in [1.82, 2.24) is 5.43 Å². The van der Waals surface area contributed by atoms with E-state index in [1.807, 2.05) is 13.8 Å². The largest absolute Gasteiger partial charge is 0.443 e. The molecule has 0 rings (SSSR count). The van der Waals surface area contributed by atoms with E-state index in [1.165, 1.54) is 0 Å². The first-order chi connectivity index (χ1) is 5.81. The van der Waals surface area contributed by atoms with Crippen LogP contribution in [0, 0.1) is 5.92 Å². The van der Waals surface area contributed by atoms with Gasteiger partial charge in [-0.3, -0.25) is 0 Å². The summed E-state index contributed by atoms with van der Waals surface area (Å²) < 4.78 is 4.96. The second-order valence-electron chi connectivity index (χ2n) is 4.14. The van der Waals surface area contributed by atoms with E-state index in [9.17, 15) is 4.79 Å². The lowest BCUT2D eigenvalue weighted by Gasteiger charge is -2.18. The molecule has 0 bridgehead atoms. The minimum absolute atomic E-state index is 0.315. The number of amides is 1. The molecule has 0 atom stereocenters. The van der Waals surface area contributed by atoms with Crippen LogP contribution in [0.25, 0.3) is 0 Å². The number of hydrogen-bond acceptors (Lipinski definition) is 3. The normalized spacial score (nSPS) is 12.2. The third-order valence-electron chi connectivity index (χ3n) is 0.927. The van der Waals surface area contributed by atoms with Crippen LogP contribution in [0.5, 0.6) is 0 Å². The summed E-state index contributed by atoms with van der Waals surface area (Å²) in [7, 11) is 0. The monoisotopic (exact) mass is 186 g/mol. The van der Waals surface area contributed by atoms with Crippen molar-refractivity contribution in [3.63, 3.8) is 0 Å². The van der Waals surface area contributed by atoms with Gasteiger partial charge in [0.05, 0.1) is 0 Å². The van der Waals surface area contributed by atoms with E-state index >= 15 is 0 Å². The predicted molar refractivity (Wildman–Crippen MR) is 52.7 cm³/mol. The first-order valence-corrected chi connectivity index (χ1v) is 4.33. The molecule has 0 aliphatic heterocycles. The number of hydrogen-bond donors (Lipinski definition) is 1. The van der Waals surface area contributed by atoms with Crippen LogP contribution in [0.3, 0.4) is 0 Å². The molecule has 0 unspecified atom stereocenters. The fourth-order valence-electron chi connectivity index (χ4n) is 0.540. The number of carbonyl (C=O) groups excluding carboxylic acids is 1. The van der Waals surface area contributed by atoms with Crippen molar-refractivity contribution >= 4 is 12.3 Å². The molecule has 0 aromatic heterocycles. The van der Waals surface area contributed by atoms with E-state index in [0.29, 0.717) is 5.92 Å². The number of hydrazone groups is 1. The minimum atomic E-state index is -0.524. The summed E-state index contributed by atoms with van der Waals surface area (Å²) in [6, 6.07) is 0. The zero-order chi connectivity index (χ0) is 10.5. The Morgan fingerprint density at radius 1 is 1.46 bits per heavy atom. The zero-order valence-corrected chi connectivity index (χ0v) is 8.92. The molecule has 0 aliphatic rings. The summed E-state index contributed by atoms with van der Waals surface area (Å²) in [6.07, 6.45) is 1.12. The Morgan fingerprint density at radius 3 is 2.38 bits per heavy atom. The molecular formula is C9H18N2O2. The molecule has 1 amide bonds. The van der Waals surface area contributed by atoms with E-state index in [0.717, 1.165) is 0 Å². The second-order valence-corrected chi connectivity index (χ2v) is 4.14. The van der Waals surface area contributed by atoms with Crippen molar-refractivity contribution < 1.29 is 9.53 Å². The molecule has 4 nitrogen and oxygen atoms in total. The molecule has 0 fully saturated rings. The molecule has 0 saturated heterocycles. The maximum atomic E-state index is 11.0. The first kappa shape index (κ1) is 11.9. The molecule has 0 radical (unpaired) electrons. The lowest BCUT2D eigenvalue weighted by atomic mass is 10.2. The van der Waals surface area contributed by atoms with Gasteiger partial charge in [0.1, 0.15) is 5.60 Å². The average Bonchev–Trinajstić information content (AvgIpc) is 1.81. The Bertz CT molecular complexity index is 192. The van der Waals surface area contributed by atoms with Gasteiger partial charge in [-0.05, 0) is 26.7 Å². The Labute approximate surface area is 79.3 Å². The van der Waals surface area contributed by atoms with Gasteiger partial charge in [-0.1, -0.05) is 13.8 Å². The van der Waals surface area contributed by atoms with Gasteiger partial charge in [0, 0.05) is 6.21 Å². The predicted octanol–water partition coefficient (Wildman–Crippen LogP) is 2.15. The molecule has 76 valence electrons. The summed E-state index contributed by atoms with van der Waals surface area (Å²) in [4.78, 5) is 11.0. The first-order valence-electron chi connectivity index (χ1n) is 4.33. The number of rotatable bonds is 2. The van der Waals surface area contributed by atoms with Gasteiger partial charge in [0.15, 0.2) is 0 Å². The van der Waals surface area contributed by atoms with E-state index in [4.69, 9.17) is 4.74 Å². The Kier molecular flexibility index (Phi) is 4.45. The summed E-state index contributed by atoms with van der Waals surface area (Å²) >= 11 is 0. The smallest absolute Gasteiger partial charge is 0.428 e. The van der Waals surface area contributed by atoms with Crippen molar-refractivity contribution in [2.45, 2.75) is 40.2 Å². The van der Waals surface area contributed by atoms with Crippen LogP contribution in [0.4, 0.5) is 4.79 Å². The summed E-state index contributed by atoms with van der Waals surface area (Å²) in [6.45, 7) is 9.36. The van der Waals surface area contributed by atoms with Crippen LogP contribution in [-0.4, -0.2) is 17.9 Å². The van der Waals surface area contributed by atoms with Crippen molar-refractivity contribution in [2.24, 2.45) is 11.0 Å². The summed E-state index contributed by atoms with van der Waals surface area (Å²) in [5.74, 6) is 0.315. The van der Waals surface area contributed by atoms with Gasteiger partial charge in [-0.2, -0.15) is 5.10 Å². The highest BCUT2D eigenvalue weighted by atomic mass is 16.6. The Morgan fingerprint density at radius 2 is 2.00 bits per heavy atom. The van der Waals surface area contributed by atoms with Crippen molar-refractivity contribution in [3.8, 4) is 0 Å². The molecule has 0 aliphatic carbocycles. The fraction of sp³-hybridized carbons (Fsp3) is 0.778. The highest BCUT2D eigenvalue weighted by molar-refractivity contribution is 5.69. The van der Waals surface area contributed by atoms with E-state index < -0.39 is 11.7 Å². The quantitative estimate of drug-likeness (QED) is 0.530. The van der Waals surface area contributed by atoms with Crippen LogP contribution in [-0.2, 0) is 4.74 Å². The highest BCUT2D eigenvalue weighted by Crippen LogP contribution is 2.06. The van der Waals surface area contributed by atoms with Gasteiger partial charge < -0.3 is 4.74 Å². The lowest BCUT2D eigenvalue weighted by molar-refractivity contribution is 0.0529. The second kappa shape index (κ2) is 4.84. The van der Waals surface area contributed by atoms with Crippen LogP contribution in [0.15, 0.2) is 5.10 Å². The van der Waals surface area contributed by atoms with Gasteiger partial charge in [-0.15, -0.1) is 0 Å². The topological polar surface area (TPSA) is 50.7 Å². The molecule has 4 heteroatoms. The van der Waals surface area contributed by atoms with Crippen LogP contribution >= 0.6 is 0 Å². The number of ether oxygens (including phenoxy) is 1. The SMILES string of the molecule is CC(C)/C=N\NC(=O)OC(C)(C)C.